The van der Waals surface area contributed by atoms with Crippen LogP contribution in [-0.2, 0) is 9.47 Å². The molecule has 0 aromatic heterocycles. The molecule has 0 aromatic rings. The lowest BCUT2D eigenvalue weighted by atomic mass is 10.1. The van der Waals surface area contributed by atoms with Gasteiger partial charge in [0.1, 0.15) is 24.4 Å². The van der Waals surface area contributed by atoms with E-state index in [1.54, 1.807) is 0 Å². The molecule has 1 rings (SSSR count). The standard InChI is InChI=1S/C25H48O5/c1-2-3-4-5-6-7-8-9-10-11-12-13-14-15-16-17-18-19-29-25-23(28)21-30-24(25)22(27)20-26/h14-15,22-28H,2-13,16-21H2,1H3/b15-14+/t22-,23+,24-,25-/m1/s1. The number of hydrogen-bond donors (Lipinski definition) is 3. The van der Waals surface area contributed by atoms with Crippen molar-refractivity contribution in [2.75, 3.05) is 19.8 Å². The van der Waals surface area contributed by atoms with Crippen LogP contribution in [0.25, 0.3) is 0 Å². The van der Waals surface area contributed by atoms with Crippen molar-refractivity contribution in [3.63, 3.8) is 0 Å². The van der Waals surface area contributed by atoms with Gasteiger partial charge in [0.2, 0.25) is 0 Å². The first kappa shape index (κ1) is 27.6. The number of hydrogen-bond acceptors (Lipinski definition) is 5. The zero-order valence-corrected chi connectivity index (χ0v) is 19.4. The maximum absolute atomic E-state index is 9.89. The van der Waals surface area contributed by atoms with Gasteiger partial charge in [-0.3, -0.25) is 0 Å². The Morgan fingerprint density at radius 2 is 1.40 bits per heavy atom. The second kappa shape index (κ2) is 19.2. The molecule has 3 N–H and O–H groups in total. The van der Waals surface area contributed by atoms with Crippen LogP contribution in [0.5, 0.6) is 0 Å². The monoisotopic (exact) mass is 428 g/mol. The molecule has 1 aliphatic rings. The Morgan fingerprint density at radius 1 is 0.867 bits per heavy atom. The highest BCUT2D eigenvalue weighted by molar-refractivity contribution is 4.89. The maximum Gasteiger partial charge on any atom is 0.114 e. The van der Waals surface area contributed by atoms with E-state index in [1.807, 2.05) is 0 Å². The van der Waals surface area contributed by atoms with Gasteiger partial charge in [-0.1, -0.05) is 83.3 Å². The fourth-order valence-corrected chi connectivity index (χ4v) is 4.00. The van der Waals surface area contributed by atoms with Gasteiger partial charge in [-0.15, -0.1) is 0 Å². The Morgan fingerprint density at radius 3 is 1.97 bits per heavy atom. The molecule has 0 spiro atoms. The number of aliphatic hydroxyl groups is 3. The second-order valence-electron chi connectivity index (χ2n) is 8.74. The third kappa shape index (κ3) is 13.1. The summed E-state index contributed by atoms with van der Waals surface area (Å²) in [6.07, 6.45) is 21.1. The summed E-state index contributed by atoms with van der Waals surface area (Å²) in [4.78, 5) is 0. The first-order chi connectivity index (χ1) is 14.7. The van der Waals surface area contributed by atoms with Crippen molar-refractivity contribution in [3.05, 3.63) is 12.2 Å². The molecule has 0 unspecified atom stereocenters. The first-order valence-corrected chi connectivity index (χ1v) is 12.6. The SMILES string of the molecule is CCCCCCCCCCCCC/C=C/CCCCO[C@H]1[C@@H]([C@H](O)CO)OC[C@@H]1O. The maximum atomic E-state index is 9.89. The molecule has 0 amide bonds. The molecule has 5 heteroatoms. The van der Waals surface area contributed by atoms with Gasteiger partial charge in [-0.2, -0.15) is 0 Å². The van der Waals surface area contributed by atoms with Gasteiger partial charge in [0.15, 0.2) is 0 Å². The summed E-state index contributed by atoms with van der Waals surface area (Å²) in [5, 5.41) is 28.7. The average Bonchev–Trinajstić information content (AvgIpc) is 3.12. The summed E-state index contributed by atoms with van der Waals surface area (Å²) in [7, 11) is 0. The number of unbranched alkanes of at least 4 members (excludes halogenated alkanes) is 13. The second-order valence-corrected chi connectivity index (χ2v) is 8.74. The van der Waals surface area contributed by atoms with E-state index in [0.29, 0.717) is 6.61 Å². The smallest absolute Gasteiger partial charge is 0.114 e. The van der Waals surface area contributed by atoms with Crippen LogP contribution in [0.2, 0.25) is 0 Å². The molecular weight excluding hydrogens is 380 g/mol. The van der Waals surface area contributed by atoms with Crippen LogP contribution in [0.1, 0.15) is 103 Å². The quantitative estimate of drug-likeness (QED) is 0.190. The van der Waals surface area contributed by atoms with E-state index < -0.39 is 24.4 Å². The fourth-order valence-electron chi connectivity index (χ4n) is 4.00. The molecular formula is C25H48O5. The number of aliphatic hydroxyl groups excluding tert-OH is 3. The Bertz CT molecular complexity index is 401. The summed E-state index contributed by atoms with van der Waals surface area (Å²) in [5.74, 6) is 0. The van der Waals surface area contributed by atoms with Gasteiger partial charge < -0.3 is 24.8 Å². The summed E-state index contributed by atoms with van der Waals surface area (Å²) >= 11 is 0. The predicted molar refractivity (Wildman–Crippen MR) is 123 cm³/mol. The molecule has 0 radical (unpaired) electrons. The van der Waals surface area contributed by atoms with Crippen molar-refractivity contribution in [2.45, 2.75) is 128 Å². The van der Waals surface area contributed by atoms with Crippen molar-refractivity contribution in [1.82, 2.24) is 0 Å². The summed E-state index contributed by atoms with van der Waals surface area (Å²) in [5.41, 5.74) is 0. The van der Waals surface area contributed by atoms with Gasteiger partial charge in [-0.05, 0) is 32.1 Å². The van der Waals surface area contributed by atoms with E-state index >= 15 is 0 Å². The van der Waals surface area contributed by atoms with Gasteiger partial charge in [0.05, 0.1) is 13.2 Å². The number of allylic oxidation sites excluding steroid dienone is 2. The van der Waals surface area contributed by atoms with Gasteiger partial charge in [-0.25, -0.2) is 0 Å². The van der Waals surface area contributed by atoms with Crippen molar-refractivity contribution in [2.24, 2.45) is 0 Å². The summed E-state index contributed by atoms with van der Waals surface area (Å²) in [6, 6.07) is 0. The van der Waals surface area contributed by atoms with Crippen molar-refractivity contribution in [3.8, 4) is 0 Å². The van der Waals surface area contributed by atoms with Crippen LogP contribution in [-0.4, -0.2) is 59.6 Å². The summed E-state index contributed by atoms with van der Waals surface area (Å²) < 4.78 is 11.0. The van der Waals surface area contributed by atoms with Crippen LogP contribution in [0.15, 0.2) is 12.2 Å². The van der Waals surface area contributed by atoms with E-state index in [4.69, 9.17) is 14.6 Å². The molecule has 0 aliphatic carbocycles. The molecule has 5 nitrogen and oxygen atoms in total. The van der Waals surface area contributed by atoms with Crippen LogP contribution in [0.4, 0.5) is 0 Å². The highest BCUT2D eigenvalue weighted by Crippen LogP contribution is 2.21. The van der Waals surface area contributed by atoms with Crippen LogP contribution in [0, 0.1) is 0 Å². The highest BCUT2D eigenvalue weighted by Gasteiger charge is 2.40. The third-order valence-corrected chi connectivity index (χ3v) is 5.95. The molecule has 1 heterocycles. The van der Waals surface area contributed by atoms with Crippen molar-refractivity contribution >= 4 is 0 Å². The van der Waals surface area contributed by atoms with E-state index in [1.165, 1.54) is 77.0 Å². The Kier molecular flexibility index (Phi) is 17.7. The molecule has 0 bridgehead atoms. The van der Waals surface area contributed by atoms with Crippen molar-refractivity contribution in [1.29, 1.82) is 0 Å². The minimum Gasteiger partial charge on any atom is -0.394 e. The van der Waals surface area contributed by atoms with E-state index in [0.717, 1.165) is 19.3 Å². The van der Waals surface area contributed by atoms with Gasteiger partial charge in [0, 0.05) is 6.61 Å². The third-order valence-electron chi connectivity index (χ3n) is 5.95. The summed E-state index contributed by atoms with van der Waals surface area (Å²) in [6.45, 7) is 2.57. The van der Waals surface area contributed by atoms with Crippen molar-refractivity contribution < 1.29 is 24.8 Å². The van der Waals surface area contributed by atoms with Crippen LogP contribution < -0.4 is 0 Å². The minimum absolute atomic E-state index is 0.147. The molecule has 0 saturated carbocycles. The lowest BCUT2D eigenvalue weighted by Gasteiger charge is -2.23. The van der Waals surface area contributed by atoms with Gasteiger partial charge >= 0.3 is 0 Å². The molecule has 0 aromatic carbocycles. The lowest BCUT2D eigenvalue weighted by molar-refractivity contribution is -0.0937. The highest BCUT2D eigenvalue weighted by atomic mass is 16.6. The van der Waals surface area contributed by atoms with E-state index in [2.05, 4.69) is 19.1 Å². The predicted octanol–water partition coefficient (Wildman–Crippen LogP) is 4.91. The number of rotatable bonds is 20. The zero-order chi connectivity index (χ0) is 21.9. The normalized spacial score (nSPS) is 22.9. The van der Waals surface area contributed by atoms with E-state index in [9.17, 15) is 10.2 Å². The largest absolute Gasteiger partial charge is 0.394 e. The number of ether oxygens (including phenoxy) is 2. The lowest BCUT2D eigenvalue weighted by Crippen LogP contribution is -2.42. The molecule has 1 saturated heterocycles. The first-order valence-electron chi connectivity index (χ1n) is 12.6. The molecule has 1 fully saturated rings. The Labute approximate surface area is 184 Å². The minimum atomic E-state index is -1.01. The zero-order valence-electron chi connectivity index (χ0n) is 19.4. The molecule has 178 valence electrons. The molecule has 30 heavy (non-hydrogen) atoms. The molecule has 1 aliphatic heterocycles. The Hall–Kier alpha value is -0.460. The topological polar surface area (TPSA) is 79.2 Å². The Balaban J connectivity index is 1.86. The van der Waals surface area contributed by atoms with Crippen LogP contribution in [0.3, 0.4) is 0 Å². The van der Waals surface area contributed by atoms with E-state index in [-0.39, 0.29) is 13.2 Å². The average molecular weight is 429 g/mol. The molecule has 4 atom stereocenters. The van der Waals surface area contributed by atoms with Crippen LogP contribution >= 0.6 is 0 Å². The van der Waals surface area contributed by atoms with Gasteiger partial charge in [0.25, 0.3) is 0 Å². The fraction of sp³-hybridized carbons (Fsp3) is 0.920.